The molecule has 0 atom stereocenters. The number of allylic oxidation sites excluding steroid dienone is 1. The van der Waals surface area contributed by atoms with Crippen LogP contribution in [0.25, 0.3) is 0 Å². The molecule has 0 unspecified atom stereocenters. The number of rotatable bonds is 3. The third kappa shape index (κ3) is 2.76. The van der Waals surface area contributed by atoms with Crippen LogP contribution >= 0.6 is 0 Å². The molecule has 0 bridgehead atoms. The van der Waals surface area contributed by atoms with Crippen LogP contribution in [0.5, 0.6) is 0 Å². The number of nitrogens with one attached hydrogen (secondary N) is 1. The van der Waals surface area contributed by atoms with Crippen LogP contribution in [-0.2, 0) is 9.53 Å². The summed E-state index contributed by atoms with van der Waals surface area (Å²) >= 11 is 0. The van der Waals surface area contributed by atoms with Crippen molar-refractivity contribution in [3.63, 3.8) is 0 Å². The summed E-state index contributed by atoms with van der Waals surface area (Å²) in [4.78, 5) is 11.5. The molecule has 0 saturated heterocycles. The van der Waals surface area contributed by atoms with Crippen LogP contribution in [0.2, 0.25) is 0 Å². The second kappa shape index (κ2) is 4.90. The summed E-state index contributed by atoms with van der Waals surface area (Å²) in [5.41, 5.74) is 0.819. The normalized spacial score (nSPS) is 16.8. The van der Waals surface area contributed by atoms with Crippen LogP contribution in [0.3, 0.4) is 0 Å². The van der Waals surface area contributed by atoms with Gasteiger partial charge in [-0.25, -0.2) is 0 Å². The predicted molar refractivity (Wildman–Crippen MR) is 51.2 cm³/mol. The first-order valence-electron chi connectivity index (χ1n) is 4.86. The van der Waals surface area contributed by atoms with Gasteiger partial charge >= 0.3 is 0 Å². The maximum Gasteiger partial charge on any atom is 0.250 e. The Morgan fingerprint density at radius 2 is 2.38 bits per heavy atom. The molecule has 1 N–H and O–H groups in total. The lowest BCUT2D eigenvalue weighted by atomic mass is 10.1. The quantitative estimate of drug-likeness (QED) is 0.721. The van der Waals surface area contributed by atoms with Gasteiger partial charge in [0.1, 0.15) is 5.76 Å². The molecule has 1 rings (SSSR count). The molecule has 0 aromatic heterocycles. The van der Waals surface area contributed by atoms with Crippen molar-refractivity contribution in [2.45, 2.75) is 33.1 Å². The standard InChI is InChI=1S/C10H17NO2/c1-3-6-11-10(12)9-5-4-7-13-8(9)2/h3-7H2,1-2H3,(H,11,12). The van der Waals surface area contributed by atoms with Crippen LogP contribution in [-0.4, -0.2) is 19.1 Å². The van der Waals surface area contributed by atoms with Gasteiger partial charge in [0, 0.05) is 6.54 Å². The number of hydrogen-bond donors (Lipinski definition) is 1. The maximum absolute atomic E-state index is 11.5. The van der Waals surface area contributed by atoms with E-state index in [0.29, 0.717) is 0 Å². The number of hydrogen-bond acceptors (Lipinski definition) is 2. The smallest absolute Gasteiger partial charge is 0.250 e. The van der Waals surface area contributed by atoms with Gasteiger partial charge in [-0.1, -0.05) is 6.92 Å². The Labute approximate surface area is 79.2 Å². The molecule has 0 aliphatic carbocycles. The van der Waals surface area contributed by atoms with E-state index in [2.05, 4.69) is 5.32 Å². The van der Waals surface area contributed by atoms with E-state index in [4.69, 9.17) is 4.74 Å². The van der Waals surface area contributed by atoms with E-state index in [1.54, 1.807) is 0 Å². The highest BCUT2D eigenvalue weighted by atomic mass is 16.5. The summed E-state index contributed by atoms with van der Waals surface area (Å²) in [6, 6.07) is 0. The van der Waals surface area contributed by atoms with Crippen molar-refractivity contribution < 1.29 is 9.53 Å². The van der Waals surface area contributed by atoms with Gasteiger partial charge in [0.2, 0.25) is 0 Å². The van der Waals surface area contributed by atoms with Crippen molar-refractivity contribution in [3.8, 4) is 0 Å². The van der Waals surface area contributed by atoms with Gasteiger partial charge in [0.25, 0.3) is 5.91 Å². The minimum absolute atomic E-state index is 0.0408. The molecule has 3 nitrogen and oxygen atoms in total. The lowest BCUT2D eigenvalue weighted by molar-refractivity contribution is -0.118. The first-order chi connectivity index (χ1) is 6.25. The minimum Gasteiger partial charge on any atom is -0.498 e. The molecule has 1 heterocycles. The first kappa shape index (κ1) is 10.1. The van der Waals surface area contributed by atoms with E-state index in [-0.39, 0.29) is 5.91 Å². The molecule has 1 aliphatic heterocycles. The third-order valence-electron chi connectivity index (χ3n) is 2.12. The Balaban J connectivity index is 2.53. The van der Waals surface area contributed by atoms with Crippen LogP contribution in [0.4, 0.5) is 0 Å². The Morgan fingerprint density at radius 3 is 3.00 bits per heavy atom. The molecule has 0 saturated carbocycles. The number of ether oxygens (including phenoxy) is 1. The highest BCUT2D eigenvalue weighted by Crippen LogP contribution is 2.18. The minimum atomic E-state index is 0.0408. The van der Waals surface area contributed by atoms with Crippen molar-refractivity contribution in [2.24, 2.45) is 0 Å². The van der Waals surface area contributed by atoms with E-state index < -0.39 is 0 Å². The molecular formula is C10H17NO2. The second-order valence-electron chi connectivity index (χ2n) is 3.24. The fourth-order valence-electron chi connectivity index (χ4n) is 1.36. The summed E-state index contributed by atoms with van der Waals surface area (Å²) < 4.78 is 5.31. The summed E-state index contributed by atoms with van der Waals surface area (Å²) in [6.45, 7) is 5.39. The van der Waals surface area contributed by atoms with Gasteiger partial charge < -0.3 is 10.1 Å². The van der Waals surface area contributed by atoms with Crippen molar-refractivity contribution in [3.05, 3.63) is 11.3 Å². The van der Waals surface area contributed by atoms with Gasteiger partial charge in [0.05, 0.1) is 12.2 Å². The van der Waals surface area contributed by atoms with Crippen LogP contribution in [0, 0.1) is 0 Å². The Hall–Kier alpha value is -0.990. The van der Waals surface area contributed by atoms with Gasteiger partial charge in [-0.3, -0.25) is 4.79 Å². The second-order valence-corrected chi connectivity index (χ2v) is 3.24. The molecule has 3 heteroatoms. The molecule has 0 aromatic carbocycles. The Kier molecular flexibility index (Phi) is 3.80. The highest BCUT2D eigenvalue weighted by molar-refractivity contribution is 5.93. The number of carbonyl (C=O) groups is 1. The van der Waals surface area contributed by atoms with Crippen LogP contribution in [0.1, 0.15) is 33.1 Å². The van der Waals surface area contributed by atoms with Crippen molar-refractivity contribution in [1.29, 1.82) is 0 Å². The number of amides is 1. The maximum atomic E-state index is 11.5. The zero-order valence-corrected chi connectivity index (χ0v) is 8.35. The van der Waals surface area contributed by atoms with E-state index in [9.17, 15) is 4.79 Å². The predicted octanol–water partition coefficient (Wildman–Crippen LogP) is 1.60. The van der Waals surface area contributed by atoms with E-state index >= 15 is 0 Å². The largest absolute Gasteiger partial charge is 0.498 e. The monoisotopic (exact) mass is 183 g/mol. The van der Waals surface area contributed by atoms with E-state index in [1.807, 2.05) is 13.8 Å². The molecule has 0 aromatic rings. The molecule has 0 radical (unpaired) electrons. The fraction of sp³-hybridized carbons (Fsp3) is 0.700. The Bertz CT molecular complexity index is 221. The van der Waals surface area contributed by atoms with Gasteiger partial charge in [-0.05, 0) is 26.2 Å². The SMILES string of the molecule is CCCNC(=O)C1=C(C)OCCC1. The molecule has 13 heavy (non-hydrogen) atoms. The van der Waals surface area contributed by atoms with Crippen LogP contribution < -0.4 is 5.32 Å². The van der Waals surface area contributed by atoms with Gasteiger partial charge in [0.15, 0.2) is 0 Å². The lowest BCUT2D eigenvalue weighted by Crippen LogP contribution is -2.28. The summed E-state index contributed by atoms with van der Waals surface area (Å²) in [7, 11) is 0. The summed E-state index contributed by atoms with van der Waals surface area (Å²) in [5.74, 6) is 0.832. The molecule has 0 fully saturated rings. The average Bonchev–Trinajstić information content (AvgIpc) is 2.15. The number of carbonyl (C=O) groups excluding carboxylic acids is 1. The van der Waals surface area contributed by atoms with Gasteiger partial charge in [-0.15, -0.1) is 0 Å². The molecular weight excluding hydrogens is 166 g/mol. The van der Waals surface area contributed by atoms with Crippen molar-refractivity contribution in [1.82, 2.24) is 5.32 Å². The molecule has 1 amide bonds. The van der Waals surface area contributed by atoms with Crippen LogP contribution in [0.15, 0.2) is 11.3 Å². The van der Waals surface area contributed by atoms with Gasteiger partial charge in [-0.2, -0.15) is 0 Å². The first-order valence-corrected chi connectivity index (χ1v) is 4.86. The van der Waals surface area contributed by atoms with E-state index in [0.717, 1.165) is 43.7 Å². The summed E-state index contributed by atoms with van der Waals surface area (Å²) in [5, 5.41) is 2.86. The molecule has 1 aliphatic rings. The zero-order valence-electron chi connectivity index (χ0n) is 8.35. The third-order valence-corrected chi connectivity index (χ3v) is 2.12. The van der Waals surface area contributed by atoms with Crippen molar-refractivity contribution >= 4 is 5.91 Å². The summed E-state index contributed by atoms with van der Waals surface area (Å²) in [6.07, 6.45) is 2.77. The zero-order chi connectivity index (χ0) is 9.68. The lowest BCUT2D eigenvalue weighted by Gasteiger charge is -2.18. The average molecular weight is 183 g/mol. The Morgan fingerprint density at radius 1 is 1.62 bits per heavy atom. The molecule has 0 spiro atoms. The fourth-order valence-corrected chi connectivity index (χ4v) is 1.36. The van der Waals surface area contributed by atoms with Crippen molar-refractivity contribution in [2.75, 3.05) is 13.2 Å². The highest BCUT2D eigenvalue weighted by Gasteiger charge is 2.16. The molecule has 74 valence electrons. The topological polar surface area (TPSA) is 38.3 Å². The van der Waals surface area contributed by atoms with E-state index in [1.165, 1.54) is 0 Å².